The lowest BCUT2D eigenvalue weighted by Gasteiger charge is -2.20. The van der Waals surface area contributed by atoms with Gasteiger partial charge >= 0.3 is 0 Å². The van der Waals surface area contributed by atoms with Crippen LogP contribution in [0.2, 0.25) is 0 Å². The van der Waals surface area contributed by atoms with Crippen LogP contribution in [0.5, 0.6) is 0 Å². The first kappa shape index (κ1) is 13.0. The summed E-state index contributed by atoms with van der Waals surface area (Å²) >= 11 is 0. The van der Waals surface area contributed by atoms with Crippen LogP contribution in [0.3, 0.4) is 0 Å². The summed E-state index contributed by atoms with van der Waals surface area (Å²) in [5.41, 5.74) is 0. The van der Waals surface area contributed by atoms with Crippen molar-refractivity contribution in [1.29, 1.82) is 0 Å². The van der Waals surface area contributed by atoms with E-state index in [4.69, 9.17) is 0 Å². The van der Waals surface area contributed by atoms with E-state index in [0.29, 0.717) is 0 Å². The highest BCUT2D eigenvalue weighted by Gasteiger charge is 2.04. The number of hydrogen-bond acceptors (Lipinski definition) is 1. The molecule has 0 aromatic carbocycles. The van der Waals surface area contributed by atoms with Crippen LogP contribution in [-0.2, 0) is 0 Å². The molecule has 0 spiro atoms. The fraction of sp³-hybridized carbons (Fsp3) is 1.00. The Labute approximate surface area is 84.5 Å². The molecule has 1 unspecified atom stereocenters. The minimum atomic E-state index is 0.877. The summed E-state index contributed by atoms with van der Waals surface area (Å²) in [5.74, 6) is 0.877. The second-order valence-corrected chi connectivity index (χ2v) is 4.36. The van der Waals surface area contributed by atoms with E-state index < -0.39 is 0 Å². The van der Waals surface area contributed by atoms with Gasteiger partial charge in [0.05, 0.1) is 0 Å². The molecule has 0 saturated carbocycles. The maximum absolute atomic E-state index is 2.48. The third-order valence-corrected chi connectivity index (χ3v) is 2.57. The molecule has 0 aliphatic rings. The SMILES string of the molecule is CCCCC(C)CN(C)CCCC. The van der Waals surface area contributed by atoms with Gasteiger partial charge < -0.3 is 4.90 Å². The molecule has 0 amide bonds. The zero-order valence-corrected chi connectivity index (χ0v) is 9.97. The Kier molecular flexibility index (Phi) is 8.53. The van der Waals surface area contributed by atoms with Crippen LogP contribution in [0.25, 0.3) is 0 Å². The van der Waals surface area contributed by atoms with Crippen molar-refractivity contribution in [2.45, 2.75) is 52.9 Å². The highest BCUT2D eigenvalue weighted by atomic mass is 15.1. The largest absolute Gasteiger partial charge is 0.306 e. The zero-order chi connectivity index (χ0) is 10.1. The Morgan fingerprint density at radius 2 is 1.69 bits per heavy atom. The monoisotopic (exact) mass is 185 g/mol. The predicted molar refractivity (Wildman–Crippen MR) is 61.1 cm³/mol. The molecule has 0 rings (SSSR count). The average Bonchev–Trinajstić information content (AvgIpc) is 2.11. The molecule has 0 aliphatic carbocycles. The van der Waals surface area contributed by atoms with E-state index in [-0.39, 0.29) is 0 Å². The van der Waals surface area contributed by atoms with Gasteiger partial charge in [0, 0.05) is 6.54 Å². The quantitative estimate of drug-likeness (QED) is 0.559. The molecule has 0 radical (unpaired) electrons. The van der Waals surface area contributed by atoms with E-state index in [1.54, 1.807) is 0 Å². The lowest BCUT2D eigenvalue weighted by atomic mass is 10.0. The van der Waals surface area contributed by atoms with Crippen molar-refractivity contribution in [2.24, 2.45) is 5.92 Å². The Bertz CT molecular complexity index is 89.3. The van der Waals surface area contributed by atoms with Crippen molar-refractivity contribution >= 4 is 0 Å². The first-order valence-corrected chi connectivity index (χ1v) is 5.89. The molecule has 0 heterocycles. The van der Waals surface area contributed by atoms with Crippen molar-refractivity contribution in [1.82, 2.24) is 4.90 Å². The fourth-order valence-corrected chi connectivity index (χ4v) is 1.70. The van der Waals surface area contributed by atoms with Gasteiger partial charge in [-0.15, -0.1) is 0 Å². The van der Waals surface area contributed by atoms with E-state index in [2.05, 4.69) is 32.7 Å². The molecule has 0 aromatic rings. The standard InChI is InChI=1S/C12H27N/c1-5-7-9-12(3)11-13(4)10-8-6-2/h12H,5-11H2,1-4H3. The van der Waals surface area contributed by atoms with Crippen molar-refractivity contribution < 1.29 is 0 Å². The maximum atomic E-state index is 2.48. The van der Waals surface area contributed by atoms with E-state index in [1.165, 1.54) is 45.2 Å². The van der Waals surface area contributed by atoms with Gasteiger partial charge in [0.25, 0.3) is 0 Å². The summed E-state index contributed by atoms with van der Waals surface area (Å²) in [5, 5.41) is 0. The third-order valence-electron chi connectivity index (χ3n) is 2.57. The van der Waals surface area contributed by atoms with Gasteiger partial charge in [-0.3, -0.25) is 0 Å². The lowest BCUT2D eigenvalue weighted by molar-refractivity contribution is 0.272. The molecule has 1 heteroatoms. The van der Waals surface area contributed by atoms with Gasteiger partial charge in [-0.25, -0.2) is 0 Å². The van der Waals surface area contributed by atoms with Gasteiger partial charge in [-0.2, -0.15) is 0 Å². The molecule has 0 aromatic heterocycles. The van der Waals surface area contributed by atoms with Crippen LogP contribution >= 0.6 is 0 Å². The van der Waals surface area contributed by atoms with E-state index in [1.807, 2.05) is 0 Å². The molecule has 80 valence electrons. The minimum absolute atomic E-state index is 0.877. The first-order valence-electron chi connectivity index (χ1n) is 5.89. The second-order valence-electron chi connectivity index (χ2n) is 4.36. The first-order chi connectivity index (χ1) is 6.20. The zero-order valence-electron chi connectivity index (χ0n) is 9.97. The summed E-state index contributed by atoms with van der Waals surface area (Å²) in [4.78, 5) is 2.48. The van der Waals surface area contributed by atoms with Crippen LogP contribution in [0, 0.1) is 5.92 Å². The second kappa shape index (κ2) is 8.55. The average molecular weight is 185 g/mol. The maximum Gasteiger partial charge on any atom is 0.000397 e. The highest BCUT2D eigenvalue weighted by Crippen LogP contribution is 2.08. The summed E-state index contributed by atoms with van der Waals surface area (Å²) in [7, 11) is 2.25. The van der Waals surface area contributed by atoms with Crippen molar-refractivity contribution in [3.05, 3.63) is 0 Å². The normalized spacial score (nSPS) is 13.6. The molecule has 13 heavy (non-hydrogen) atoms. The summed E-state index contributed by atoms with van der Waals surface area (Å²) in [6, 6.07) is 0. The highest BCUT2D eigenvalue weighted by molar-refractivity contribution is 4.59. The predicted octanol–water partition coefficient (Wildman–Crippen LogP) is 3.54. The summed E-state index contributed by atoms with van der Waals surface area (Å²) < 4.78 is 0. The van der Waals surface area contributed by atoms with Crippen LogP contribution in [0.15, 0.2) is 0 Å². The number of nitrogens with zero attached hydrogens (tertiary/aromatic N) is 1. The molecular weight excluding hydrogens is 158 g/mol. The Hall–Kier alpha value is -0.0400. The molecular formula is C12H27N. The van der Waals surface area contributed by atoms with Crippen LogP contribution in [-0.4, -0.2) is 25.0 Å². The lowest BCUT2D eigenvalue weighted by Crippen LogP contribution is -2.25. The Morgan fingerprint density at radius 1 is 1.08 bits per heavy atom. The van der Waals surface area contributed by atoms with Crippen LogP contribution in [0.1, 0.15) is 52.9 Å². The number of rotatable bonds is 8. The number of unbranched alkanes of at least 4 members (excludes halogenated alkanes) is 2. The van der Waals surface area contributed by atoms with Crippen molar-refractivity contribution in [2.75, 3.05) is 20.1 Å². The van der Waals surface area contributed by atoms with Crippen molar-refractivity contribution in [3.8, 4) is 0 Å². The van der Waals surface area contributed by atoms with Gasteiger partial charge in [0.2, 0.25) is 0 Å². The van der Waals surface area contributed by atoms with Gasteiger partial charge in [-0.1, -0.05) is 40.0 Å². The Balaban J connectivity index is 3.35. The van der Waals surface area contributed by atoms with Gasteiger partial charge in [0.1, 0.15) is 0 Å². The van der Waals surface area contributed by atoms with Gasteiger partial charge in [-0.05, 0) is 32.4 Å². The Morgan fingerprint density at radius 3 is 2.23 bits per heavy atom. The summed E-state index contributed by atoms with van der Waals surface area (Å²) in [6.07, 6.45) is 6.78. The molecule has 0 N–H and O–H groups in total. The topological polar surface area (TPSA) is 3.24 Å². The van der Waals surface area contributed by atoms with E-state index >= 15 is 0 Å². The molecule has 1 nitrogen and oxygen atoms in total. The minimum Gasteiger partial charge on any atom is -0.306 e. The van der Waals surface area contributed by atoms with Gasteiger partial charge in [0.15, 0.2) is 0 Å². The van der Waals surface area contributed by atoms with E-state index in [0.717, 1.165) is 5.92 Å². The van der Waals surface area contributed by atoms with Crippen LogP contribution in [0.4, 0.5) is 0 Å². The number of hydrogen-bond donors (Lipinski definition) is 0. The van der Waals surface area contributed by atoms with E-state index in [9.17, 15) is 0 Å². The molecule has 0 fully saturated rings. The molecule has 0 aliphatic heterocycles. The fourth-order valence-electron chi connectivity index (χ4n) is 1.70. The smallest absolute Gasteiger partial charge is 0.000397 e. The van der Waals surface area contributed by atoms with Crippen molar-refractivity contribution in [3.63, 3.8) is 0 Å². The van der Waals surface area contributed by atoms with Crippen LogP contribution < -0.4 is 0 Å². The molecule has 1 atom stereocenters. The molecule has 0 bridgehead atoms. The third kappa shape index (κ3) is 8.29. The summed E-state index contributed by atoms with van der Waals surface area (Å²) in [6.45, 7) is 9.45. The molecule has 0 saturated heterocycles.